The van der Waals surface area contributed by atoms with Crippen molar-refractivity contribution in [3.63, 3.8) is 0 Å². The van der Waals surface area contributed by atoms with Gasteiger partial charge in [0.1, 0.15) is 17.3 Å². The molecule has 0 spiro atoms. The number of nitrogens with one attached hydrogen (secondary N) is 2. The predicted octanol–water partition coefficient (Wildman–Crippen LogP) is 4.34. The molecule has 0 saturated carbocycles. The summed E-state index contributed by atoms with van der Waals surface area (Å²) in [7, 11) is -2.11. The van der Waals surface area contributed by atoms with Crippen molar-refractivity contribution in [2.75, 3.05) is 25.6 Å². The zero-order valence-electron chi connectivity index (χ0n) is 18.6. The minimum atomic E-state index is -3.67. The smallest absolute Gasteiger partial charge is 0.186 e. The van der Waals surface area contributed by atoms with E-state index in [1.165, 1.54) is 0 Å². The molecule has 0 saturated heterocycles. The Hall–Kier alpha value is -2.36. The van der Waals surface area contributed by atoms with Crippen LogP contribution < -0.4 is 10.1 Å². The van der Waals surface area contributed by atoms with Crippen LogP contribution in [0.4, 0.5) is 11.5 Å². The van der Waals surface area contributed by atoms with Crippen molar-refractivity contribution >= 4 is 44.7 Å². The third-order valence-electron chi connectivity index (χ3n) is 4.95. The van der Waals surface area contributed by atoms with Crippen molar-refractivity contribution in [3.05, 3.63) is 35.7 Å². The summed E-state index contributed by atoms with van der Waals surface area (Å²) >= 11 is 0. The molecule has 2 heterocycles. The molecule has 0 radical (unpaired) electrons. The Morgan fingerprint density at radius 3 is 2.45 bits per heavy atom. The molecular formula is C21H29ClN4O4S. The number of aromatic amines is 1. The maximum absolute atomic E-state index is 13.3. The number of H-pyrrole nitrogens is 1. The first-order valence-corrected chi connectivity index (χ1v) is 11.1. The summed E-state index contributed by atoms with van der Waals surface area (Å²) in [4.78, 5) is 4.54. The zero-order chi connectivity index (χ0) is 22.1. The summed E-state index contributed by atoms with van der Waals surface area (Å²) < 4.78 is 36.4. The summed E-state index contributed by atoms with van der Waals surface area (Å²) in [5.74, 6) is 0.951. The normalized spacial score (nSPS) is 11.9. The number of hydrogen-bond acceptors (Lipinski definition) is 7. The molecule has 3 rings (SSSR count). The minimum Gasteiger partial charge on any atom is -0.490 e. The fraction of sp³-hybridized carbons (Fsp3) is 0.429. The van der Waals surface area contributed by atoms with Crippen LogP contribution in [-0.4, -0.2) is 48.7 Å². The zero-order valence-corrected chi connectivity index (χ0v) is 20.2. The highest BCUT2D eigenvalue weighted by atomic mass is 35.5. The SMILES string of the molecule is COCCOc1cc2nccc(Nc3n[nH]c(C)c3C)c2cc1S(=O)(=O)C(C)(C)C.Cl. The first-order valence-electron chi connectivity index (χ1n) is 9.64. The van der Waals surface area contributed by atoms with E-state index in [0.717, 1.165) is 11.3 Å². The molecule has 170 valence electrons. The number of aromatic nitrogens is 3. The third kappa shape index (κ3) is 4.94. The Balaban J connectivity index is 0.00000341. The first kappa shape index (κ1) is 24.9. The van der Waals surface area contributed by atoms with Crippen LogP contribution in [0.15, 0.2) is 29.3 Å². The van der Waals surface area contributed by atoms with Crippen LogP contribution in [0.3, 0.4) is 0 Å². The second kappa shape index (κ2) is 9.42. The summed E-state index contributed by atoms with van der Waals surface area (Å²) in [6.07, 6.45) is 1.66. The van der Waals surface area contributed by atoms with E-state index >= 15 is 0 Å². The van der Waals surface area contributed by atoms with Gasteiger partial charge in [-0.1, -0.05) is 0 Å². The number of methoxy groups -OCH3 is 1. The molecule has 2 aromatic heterocycles. The van der Waals surface area contributed by atoms with E-state index in [1.54, 1.807) is 52.3 Å². The highest BCUT2D eigenvalue weighted by Gasteiger charge is 2.34. The molecule has 31 heavy (non-hydrogen) atoms. The number of nitrogens with zero attached hydrogens (tertiary/aromatic N) is 2. The average Bonchev–Trinajstić information content (AvgIpc) is 2.99. The maximum atomic E-state index is 13.3. The number of sulfone groups is 1. The van der Waals surface area contributed by atoms with Crippen molar-refractivity contribution in [3.8, 4) is 5.75 Å². The van der Waals surface area contributed by atoms with Gasteiger partial charge < -0.3 is 14.8 Å². The molecule has 1 aromatic carbocycles. The van der Waals surface area contributed by atoms with Gasteiger partial charge in [0, 0.05) is 36.0 Å². The number of halogens is 1. The van der Waals surface area contributed by atoms with Gasteiger partial charge in [0.2, 0.25) is 0 Å². The molecule has 8 nitrogen and oxygen atoms in total. The fourth-order valence-corrected chi connectivity index (χ4v) is 4.20. The number of ether oxygens (including phenoxy) is 2. The van der Waals surface area contributed by atoms with Crippen LogP contribution in [0.2, 0.25) is 0 Å². The van der Waals surface area contributed by atoms with E-state index in [0.29, 0.717) is 29.0 Å². The lowest BCUT2D eigenvalue weighted by molar-refractivity contribution is 0.144. The molecule has 2 N–H and O–H groups in total. The monoisotopic (exact) mass is 468 g/mol. The lowest BCUT2D eigenvalue weighted by atomic mass is 10.1. The van der Waals surface area contributed by atoms with E-state index in [9.17, 15) is 8.42 Å². The van der Waals surface area contributed by atoms with Gasteiger partial charge in [-0.05, 0) is 46.8 Å². The van der Waals surface area contributed by atoms with E-state index in [2.05, 4.69) is 20.5 Å². The molecule has 0 aliphatic rings. The molecule has 0 aliphatic heterocycles. The number of benzene rings is 1. The van der Waals surface area contributed by atoms with Crippen LogP contribution in [-0.2, 0) is 14.6 Å². The Labute approximate surface area is 189 Å². The molecule has 0 fully saturated rings. The number of anilines is 2. The van der Waals surface area contributed by atoms with Gasteiger partial charge >= 0.3 is 0 Å². The first-order chi connectivity index (χ1) is 14.1. The quantitative estimate of drug-likeness (QED) is 0.497. The van der Waals surface area contributed by atoms with Crippen molar-refractivity contribution in [1.82, 2.24) is 15.2 Å². The number of fused-ring (bicyclic) bond motifs is 1. The van der Waals surface area contributed by atoms with Gasteiger partial charge in [-0.2, -0.15) is 5.10 Å². The summed E-state index contributed by atoms with van der Waals surface area (Å²) in [6, 6.07) is 5.09. The van der Waals surface area contributed by atoms with Crippen molar-refractivity contribution in [2.45, 2.75) is 44.3 Å². The Morgan fingerprint density at radius 1 is 1.16 bits per heavy atom. The number of pyridine rings is 1. The summed E-state index contributed by atoms with van der Waals surface area (Å²) in [5, 5.41) is 11.2. The second-order valence-corrected chi connectivity index (χ2v) is 10.8. The Bertz CT molecular complexity index is 1170. The van der Waals surface area contributed by atoms with E-state index in [4.69, 9.17) is 9.47 Å². The van der Waals surface area contributed by atoms with Gasteiger partial charge in [-0.25, -0.2) is 8.42 Å². The van der Waals surface area contributed by atoms with E-state index < -0.39 is 14.6 Å². The standard InChI is InChI=1S/C21H28N4O4S.ClH/c1-13-14(2)24-25-20(13)23-16-7-8-22-17-12-18(29-10-9-28-6)19(11-15(16)17)30(26,27)21(3,4)5;/h7-8,11-12H,9-10H2,1-6H3,(H2,22,23,24,25);1H. The molecule has 3 aromatic rings. The van der Waals surface area contributed by atoms with Gasteiger partial charge in [0.25, 0.3) is 0 Å². The third-order valence-corrected chi connectivity index (χ3v) is 7.46. The number of hydrogen-bond donors (Lipinski definition) is 2. The fourth-order valence-electron chi connectivity index (χ4n) is 2.88. The maximum Gasteiger partial charge on any atom is 0.186 e. The molecular weight excluding hydrogens is 440 g/mol. The van der Waals surface area contributed by atoms with E-state index in [1.807, 2.05) is 13.8 Å². The predicted molar refractivity (Wildman–Crippen MR) is 125 cm³/mol. The van der Waals surface area contributed by atoms with Crippen LogP contribution in [0.5, 0.6) is 5.75 Å². The van der Waals surface area contributed by atoms with Crippen LogP contribution in [0.25, 0.3) is 10.9 Å². The molecule has 0 aliphatic carbocycles. The molecule has 0 atom stereocenters. The second-order valence-electron chi connectivity index (χ2n) is 8.08. The van der Waals surface area contributed by atoms with Crippen LogP contribution >= 0.6 is 12.4 Å². The number of rotatable bonds is 7. The topological polar surface area (TPSA) is 106 Å². The summed E-state index contributed by atoms with van der Waals surface area (Å²) in [6.45, 7) is 9.49. The molecule has 0 amide bonds. The van der Waals surface area contributed by atoms with Gasteiger partial charge in [0.05, 0.1) is 22.6 Å². The van der Waals surface area contributed by atoms with Gasteiger partial charge in [-0.15, -0.1) is 12.4 Å². The highest BCUT2D eigenvalue weighted by molar-refractivity contribution is 7.92. The molecule has 10 heteroatoms. The van der Waals surface area contributed by atoms with E-state index in [-0.39, 0.29) is 29.7 Å². The van der Waals surface area contributed by atoms with Crippen molar-refractivity contribution in [2.24, 2.45) is 0 Å². The highest BCUT2D eigenvalue weighted by Crippen LogP contribution is 2.37. The van der Waals surface area contributed by atoms with Crippen molar-refractivity contribution in [1.29, 1.82) is 0 Å². The summed E-state index contributed by atoms with van der Waals surface area (Å²) in [5.41, 5.74) is 3.27. The minimum absolute atomic E-state index is 0. The van der Waals surface area contributed by atoms with Gasteiger partial charge in [-0.3, -0.25) is 10.1 Å². The van der Waals surface area contributed by atoms with Crippen molar-refractivity contribution < 1.29 is 17.9 Å². The van der Waals surface area contributed by atoms with Crippen LogP contribution in [0.1, 0.15) is 32.0 Å². The molecule has 0 bridgehead atoms. The lowest BCUT2D eigenvalue weighted by Crippen LogP contribution is -2.28. The Morgan fingerprint density at radius 2 is 1.87 bits per heavy atom. The largest absolute Gasteiger partial charge is 0.490 e. The average molecular weight is 469 g/mol. The van der Waals surface area contributed by atoms with Gasteiger partial charge in [0.15, 0.2) is 15.7 Å². The number of aryl methyl sites for hydroxylation is 1. The molecule has 0 unspecified atom stereocenters. The lowest BCUT2D eigenvalue weighted by Gasteiger charge is -2.22. The van der Waals surface area contributed by atoms with Crippen LogP contribution in [0, 0.1) is 13.8 Å². The Kier molecular flexibility index (Phi) is 7.57.